The molecule has 0 aliphatic heterocycles. The highest BCUT2D eigenvalue weighted by molar-refractivity contribution is 5.91. The molecule has 4 nitrogen and oxygen atoms in total. The summed E-state index contributed by atoms with van der Waals surface area (Å²) in [6.07, 6.45) is -12.5. The molecular formula is C5H2F6O4. The van der Waals surface area contributed by atoms with E-state index in [2.05, 4.69) is 9.47 Å². The van der Waals surface area contributed by atoms with Crippen LogP contribution >= 0.6 is 0 Å². The molecule has 0 heterocycles. The Morgan fingerprint density at radius 1 is 0.800 bits per heavy atom. The lowest BCUT2D eigenvalue weighted by molar-refractivity contribution is -0.310. The van der Waals surface area contributed by atoms with Crippen LogP contribution in [0.1, 0.15) is 6.42 Å². The third-order valence-electron chi connectivity index (χ3n) is 0.748. The molecule has 0 fully saturated rings. The summed E-state index contributed by atoms with van der Waals surface area (Å²) in [4.78, 5) is 20.3. The maximum Gasteiger partial charge on any atom is 0.575 e. The van der Waals surface area contributed by atoms with Gasteiger partial charge in [-0.15, -0.1) is 26.3 Å². The maximum absolute atomic E-state index is 11.3. The first-order chi connectivity index (χ1) is 6.49. The fourth-order valence-corrected chi connectivity index (χ4v) is 0.448. The van der Waals surface area contributed by atoms with Crippen LogP contribution in [0.2, 0.25) is 0 Å². The van der Waals surface area contributed by atoms with E-state index >= 15 is 0 Å². The van der Waals surface area contributed by atoms with Crippen molar-refractivity contribution in [2.75, 3.05) is 0 Å². The average Bonchev–Trinajstić information content (AvgIpc) is 1.73. The Morgan fingerprint density at radius 2 is 1.07 bits per heavy atom. The predicted molar refractivity (Wildman–Crippen MR) is 28.9 cm³/mol. The number of ether oxygens (including phenoxy) is 2. The first-order valence-electron chi connectivity index (χ1n) is 3.07. The number of esters is 2. The van der Waals surface area contributed by atoms with Crippen LogP contribution in [0, 0.1) is 0 Å². The van der Waals surface area contributed by atoms with E-state index in [1.165, 1.54) is 0 Å². The number of rotatable bonds is 2. The van der Waals surface area contributed by atoms with Gasteiger partial charge in [0.15, 0.2) is 0 Å². The van der Waals surface area contributed by atoms with E-state index in [0.717, 1.165) is 0 Å². The smallest absolute Gasteiger partial charge is 0.372 e. The van der Waals surface area contributed by atoms with E-state index in [0.29, 0.717) is 0 Å². The zero-order valence-corrected chi connectivity index (χ0v) is 6.61. The van der Waals surface area contributed by atoms with Crippen molar-refractivity contribution in [3.8, 4) is 0 Å². The van der Waals surface area contributed by atoms with Crippen LogP contribution < -0.4 is 0 Å². The number of alkyl halides is 6. The van der Waals surface area contributed by atoms with Crippen molar-refractivity contribution in [2.45, 2.75) is 19.1 Å². The van der Waals surface area contributed by atoms with Gasteiger partial charge >= 0.3 is 24.7 Å². The van der Waals surface area contributed by atoms with Crippen molar-refractivity contribution in [2.24, 2.45) is 0 Å². The third kappa shape index (κ3) is 8.84. The summed E-state index contributed by atoms with van der Waals surface area (Å²) in [7, 11) is 0. The summed E-state index contributed by atoms with van der Waals surface area (Å²) in [6.45, 7) is 0. The number of halogens is 6. The van der Waals surface area contributed by atoms with Crippen LogP contribution in [-0.4, -0.2) is 24.7 Å². The second kappa shape index (κ2) is 4.36. The molecule has 0 rings (SSSR count). The van der Waals surface area contributed by atoms with E-state index in [4.69, 9.17) is 0 Å². The van der Waals surface area contributed by atoms with Gasteiger partial charge in [-0.05, 0) is 0 Å². The van der Waals surface area contributed by atoms with Crippen LogP contribution in [0.25, 0.3) is 0 Å². The number of carbonyl (C=O) groups is 2. The summed E-state index contributed by atoms with van der Waals surface area (Å²) < 4.78 is 72.9. The van der Waals surface area contributed by atoms with E-state index in [1.54, 1.807) is 0 Å². The lowest BCUT2D eigenvalue weighted by Crippen LogP contribution is -2.25. The van der Waals surface area contributed by atoms with Crippen molar-refractivity contribution in [1.82, 2.24) is 0 Å². The number of hydrogen-bond acceptors (Lipinski definition) is 4. The summed E-state index contributed by atoms with van der Waals surface area (Å²) in [6, 6.07) is 0. The molecular weight excluding hydrogens is 238 g/mol. The molecule has 15 heavy (non-hydrogen) atoms. The van der Waals surface area contributed by atoms with Crippen LogP contribution in [0.3, 0.4) is 0 Å². The van der Waals surface area contributed by atoms with E-state index in [1.807, 2.05) is 0 Å². The van der Waals surface area contributed by atoms with Crippen molar-refractivity contribution in [1.29, 1.82) is 0 Å². The van der Waals surface area contributed by atoms with Crippen LogP contribution in [0.5, 0.6) is 0 Å². The average molecular weight is 240 g/mol. The first kappa shape index (κ1) is 13.5. The molecule has 0 radical (unpaired) electrons. The molecule has 0 amide bonds. The lowest BCUT2D eigenvalue weighted by Gasteiger charge is -2.08. The van der Waals surface area contributed by atoms with Gasteiger partial charge < -0.3 is 9.47 Å². The van der Waals surface area contributed by atoms with Crippen molar-refractivity contribution in [3.63, 3.8) is 0 Å². The monoisotopic (exact) mass is 240 g/mol. The summed E-state index contributed by atoms with van der Waals surface area (Å²) in [5.41, 5.74) is 0. The van der Waals surface area contributed by atoms with Gasteiger partial charge in [0, 0.05) is 0 Å². The fraction of sp³-hybridized carbons (Fsp3) is 0.600. The Labute approximate surface area is 77.7 Å². The molecule has 0 atom stereocenters. The molecule has 0 saturated heterocycles. The minimum Gasteiger partial charge on any atom is -0.372 e. The summed E-state index contributed by atoms with van der Waals surface area (Å²) >= 11 is 0. The normalized spacial score (nSPS) is 12.1. The lowest BCUT2D eigenvalue weighted by atomic mass is 10.4. The van der Waals surface area contributed by atoms with Gasteiger partial charge in [0.05, 0.1) is 0 Å². The molecule has 0 saturated carbocycles. The Hall–Kier alpha value is -1.48. The number of hydrogen-bond donors (Lipinski definition) is 0. The van der Waals surface area contributed by atoms with E-state index in [-0.39, 0.29) is 0 Å². The van der Waals surface area contributed by atoms with Crippen LogP contribution in [-0.2, 0) is 19.1 Å². The Bertz CT molecular complexity index is 227. The van der Waals surface area contributed by atoms with Crippen molar-refractivity contribution < 1.29 is 45.4 Å². The molecule has 0 aliphatic rings. The number of carbonyl (C=O) groups excluding carboxylic acids is 2. The molecule has 0 aromatic rings. The minimum absolute atomic E-state index is 1.78. The first-order valence-corrected chi connectivity index (χ1v) is 3.07. The van der Waals surface area contributed by atoms with E-state index in [9.17, 15) is 35.9 Å². The van der Waals surface area contributed by atoms with Gasteiger partial charge in [0.25, 0.3) is 0 Å². The predicted octanol–water partition coefficient (Wildman–Crippen LogP) is 1.50. The maximum atomic E-state index is 11.3. The highest BCUT2D eigenvalue weighted by atomic mass is 19.4. The molecule has 0 aliphatic carbocycles. The van der Waals surface area contributed by atoms with Gasteiger partial charge in [-0.25, -0.2) is 0 Å². The van der Waals surface area contributed by atoms with Gasteiger partial charge in [-0.1, -0.05) is 0 Å². The van der Waals surface area contributed by atoms with Crippen molar-refractivity contribution >= 4 is 11.9 Å². The standard InChI is InChI=1S/C5H2F6O4/c6-4(7,8)14-2(12)1-3(13)15-5(9,10)11/h1H2. The highest BCUT2D eigenvalue weighted by Crippen LogP contribution is 2.19. The van der Waals surface area contributed by atoms with Gasteiger partial charge in [-0.2, -0.15) is 0 Å². The molecule has 88 valence electrons. The Balaban J connectivity index is 4.04. The van der Waals surface area contributed by atoms with Gasteiger partial charge in [0.2, 0.25) is 0 Å². The van der Waals surface area contributed by atoms with Crippen LogP contribution in [0.15, 0.2) is 0 Å². The minimum atomic E-state index is -5.35. The molecule has 10 heteroatoms. The third-order valence-corrected chi connectivity index (χ3v) is 0.748. The molecule has 0 bridgehead atoms. The summed E-state index contributed by atoms with van der Waals surface area (Å²) in [5, 5.41) is 0. The fourth-order valence-electron chi connectivity index (χ4n) is 0.448. The Morgan fingerprint density at radius 3 is 1.27 bits per heavy atom. The van der Waals surface area contributed by atoms with Crippen molar-refractivity contribution in [3.05, 3.63) is 0 Å². The van der Waals surface area contributed by atoms with Crippen LogP contribution in [0.4, 0.5) is 26.3 Å². The summed E-state index contributed by atoms with van der Waals surface area (Å²) in [5.74, 6) is -4.37. The topological polar surface area (TPSA) is 52.6 Å². The second-order valence-corrected chi connectivity index (χ2v) is 2.02. The highest BCUT2D eigenvalue weighted by Gasteiger charge is 2.38. The largest absolute Gasteiger partial charge is 0.575 e. The quantitative estimate of drug-likeness (QED) is 0.417. The zero-order valence-electron chi connectivity index (χ0n) is 6.61. The molecule has 0 unspecified atom stereocenters. The van der Waals surface area contributed by atoms with Gasteiger partial charge in [0.1, 0.15) is 6.42 Å². The molecule has 0 spiro atoms. The SMILES string of the molecule is O=C(CC(=O)OC(F)(F)F)OC(F)(F)F. The van der Waals surface area contributed by atoms with E-state index < -0.39 is 31.1 Å². The molecule has 0 aromatic carbocycles. The molecule has 0 aromatic heterocycles. The molecule has 0 N–H and O–H groups in total. The Kier molecular flexibility index (Phi) is 3.93. The van der Waals surface area contributed by atoms with Gasteiger partial charge in [-0.3, -0.25) is 9.59 Å². The zero-order chi connectivity index (χ0) is 12.3. The second-order valence-electron chi connectivity index (χ2n) is 2.02.